The Morgan fingerprint density at radius 2 is 1.75 bits per heavy atom. The summed E-state index contributed by atoms with van der Waals surface area (Å²) in [6.45, 7) is 2.15. The van der Waals surface area contributed by atoms with Crippen molar-refractivity contribution in [3.8, 4) is 0 Å². The lowest BCUT2D eigenvalue weighted by molar-refractivity contribution is 0.0676. The average Bonchev–Trinajstić information content (AvgIpc) is 2.53. The van der Waals surface area contributed by atoms with Crippen LogP contribution in [0.15, 0.2) is 54.6 Å². The van der Waals surface area contributed by atoms with Crippen molar-refractivity contribution in [2.45, 2.75) is 25.5 Å². The number of benzene rings is 2. The number of hydrazine groups is 1. The fourth-order valence-corrected chi connectivity index (χ4v) is 2.47. The fourth-order valence-electron chi connectivity index (χ4n) is 2.47. The molecule has 106 valence electrons. The molecule has 0 aliphatic heterocycles. The molecule has 2 aromatic carbocycles. The summed E-state index contributed by atoms with van der Waals surface area (Å²) in [7, 11) is 1.71. The van der Waals surface area contributed by atoms with E-state index >= 15 is 0 Å². The van der Waals surface area contributed by atoms with Crippen LogP contribution in [-0.2, 0) is 11.2 Å². The Morgan fingerprint density at radius 1 is 1.05 bits per heavy atom. The van der Waals surface area contributed by atoms with Crippen molar-refractivity contribution < 1.29 is 4.74 Å². The molecule has 0 radical (unpaired) electrons. The van der Waals surface area contributed by atoms with E-state index in [4.69, 9.17) is 10.6 Å². The molecule has 2 atom stereocenters. The van der Waals surface area contributed by atoms with Crippen LogP contribution in [-0.4, -0.2) is 7.11 Å². The summed E-state index contributed by atoms with van der Waals surface area (Å²) < 4.78 is 5.67. The second-order valence-electron chi connectivity index (χ2n) is 4.81. The number of nitrogens with two attached hydrogens (primary N) is 1. The minimum absolute atomic E-state index is 0.0751. The highest BCUT2D eigenvalue weighted by Crippen LogP contribution is 2.31. The maximum atomic E-state index is 5.78. The monoisotopic (exact) mass is 270 g/mol. The van der Waals surface area contributed by atoms with Gasteiger partial charge in [-0.05, 0) is 23.1 Å². The van der Waals surface area contributed by atoms with Gasteiger partial charge in [-0.3, -0.25) is 11.3 Å². The van der Waals surface area contributed by atoms with Gasteiger partial charge in [0.05, 0.1) is 6.04 Å². The molecule has 0 aliphatic carbocycles. The van der Waals surface area contributed by atoms with Crippen LogP contribution in [0.1, 0.15) is 35.8 Å². The van der Waals surface area contributed by atoms with Gasteiger partial charge in [0.25, 0.3) is 0 Å². The molecule has 3 N–H and O–H groups in total. The lowest BCUT2D eigenvalue weighted by Crippen LogP contribution is -2.33. The number of rotatable bonds is 6. The molecule has 0 amide bonds. The number of hydrogen-bond acceptors (Lipinski definition) is 3. The highest BCUT2D eigenvalue weighted by Gasteiger charge is 2.23. The molecule has 2 unspecified atom stereocenters. The van der Waals surface area contributed by atoms with Crippen molar-refractivity contribution in [2.24, 2.45) is 5.84 Å². The van der Waals surface area contributed by atoms with Crippen molar-refractivity contribution in [1.82, 2.24) is 5.43 Å². The molecule has 0 saturated carbocycles. The SMILES string of the molecule is CCc1cccc(C(NN)C(OC)c2ccccc2)c1. The van der Waals surface area contributed by atoms with Gasteiger partial charge in [-0.2, -0.15) is 0 Å². The zero-order chi connectivity index (χ0) is 14.4. The van der Waals surface area contributed by atoms with Crippen molar-refractivity contribution in [2.75, 3.05) is 7.11 Å². The Hall–Kier alpha value is -1.68. The standard InChI is InChI=1S/C17H22N2O/c1-3-13-8-7-11-15(12-13)16(19-18)17(20-2)14-9-5-4-6-10-14/h4-12,16-17,19H,3,18H2,1-2H3. The van der Waals surface area contributed by atoms with E-state index in [9.17, 15) is 0 Å². The molecule has 0 fully saturated rings. The van der Waals surface area contributed by atoms with E-state index in [0.717, 1.165) is 17.5 Å². The third kappa shape index (κ3) is 3.25. The van der Waals surface area contributed by atoms with E-state index in [1.165, 1.54) is 5.56 Å². The van der Waals surface area contributed by atoms with Crippen molar-refractivity contribution in [3.63, 3.8) is 0 Å². The molecule has 0 saturated heterocycles. The number of aryl methyl sites for hydroxylation is 1. The van der Waals surface area contributed by atoms with Gasteiger partial charge in [0.1, 0.15) is 6.10 Å². The highest BCUT2D eigenvalue weighted by atomic mass is 16.5. The highest BCUT2D eigenvalue weighted by molar-refractivity contribution is 5.30. The number of hydrogen-bond donors (Lipinski definition) is 2. The summed E-state index contributed by atoms with van der Waals surface area (Å²) in [5.41, 5.74) is 6.44. The van der Waals surface area contributed by atoms with Crippen LogP contribution < -0.4 is 11.3 Å². The predicted molar refractivity (Wildman–Crippen MR) is 82.1 cm³/mol. The number of methoxy groups -OCH3 is 1. The zero-order valence-electron chi connectivity index (χ0n) is 12.0. The predicted octanol–water partition coefficient (Wildman–Crippen LogP) is 3.14. The van der Waals surface area contributed by atoms with Crippen LogP contribution in [0.2, 0.25) is 0 Å². The van der Waals surface area contributed by atoms with E-state index < -0.39 is 0 Å². The molecule has 2 aromatic rings. The summed E-state index contributed by atoms with van der Waals surface area (Å²) in [4.78, 5) is 0. The van der Waals surface area contributed by atoms with Crippen LogP contribution in [0, 0.1) is 0 Å². The molecule has 0 aliphatic rings. The van der Waals surface area contributed by atoms with E-state index in [-0.39, 0.29) is 12.1 Å². The normalized spacial score (nSPS) is 13.9. The minimum atomic E-state index is -0.117. The van der Waals surface area contributed by atoms with Gasteiger partial charge in [-0.15, -0.1) is 0 Å². The van der Waals surface area contributed by atoms with Crippen molar-refractivity contribution in [1.29, 1.82) is 0 Å². The average molecular weight is 270 g/mol. The lowest BCUT2D eigenvalue weighted by Gasteiger charge is -2.26. The second-order valence-corrected chi connectivity index (χ2v) is 4.81. The summed E-state index contributed by atoms with van der Waals surface area (Å²) >= 11 is 0. The van der Waals surface area contributed by atoms with Gasteiger partial charge >= 0.3 is 0 Å². The number of nitrogens with one attached hydrogen (secondary N) is 1. The topological polar surface area (TPSA) is 47.3 Å². The minimum Gasteiger partial charge on any atom is -0.375 e. The first-order valence-electron chi connectivity index (χ1n) is 6.92. The Balaban J connectivity index is 2.34. The smallest absolute Gasteiger partial charge is 0.103 e. The second kappa shape index (κ2) is 7.20. The van der Waals surface area contributed by atoms with Crippen molar-refractivity contribution >= 4 is 0 Å². The summed E-state index contributed by atoms with van der Waals surface area (Å²) in [5, 5.41) is 0. The molecule has 0 aromatic heterocycles. The summed E-state index contributed by atoms with van der Waals surface area (Å²) in [6, 6.07) is 18.5. The molecule has 0 spiro atoms. The van der Waals surface area contributed by atoms with Gasteiger partial charge in [-0.25, -0.2) is 0 Å². The summed E-state index contributed by atoms with van der Waals surface area (Å²) in [5.74, 6) is 5.78. The molecule has 3 heteroatoms. The van der Waals surface area contributed by atoms with Gasteiger partial charge in [0, 0.05) is 7.11 Å². The first-order valence-corrected chi connectivity index (χ1v) is 6.92. The van der Waals surface area contributed by atoms with Gasteiger partial charge in [-0.1, -0.05) is 61.5 Å². The van der Waals surface area contributed by atoms with Crippen molar-refractivity contribution in [3.05, 3.63) is 71.3 Å². The maximum Gasteiger partial charge on any atom is 0.103 e. The van der Waals surface area contributed by atoms with E-state index in [1.54, 1.807) is 7.11 Å². The molecule has 20 heavy (non-hydrogen) atoms. The first-order chi connectivity index (χ1) is 9.80. The molecule has 2 rings (SSSR count). The largest absolute Gasteiger partial charge is 0.375 e. The quantitative estimate of drug-likeness (QED) is 0.626. The van der Waals surface area contributed by atoms with Gasteiger partial charge < -0.3 is 4.74 Å². The Bertz CT molecular complexity index is 528. The van der Waals surface area contributed by atoms with Crippen LogP contribution in [0.4, 0.5) is 0 Å². The Kier molecular flexibility index (Phi) is 5.30. The zero-order valence-corrected chi connectivity index (χ0v) is 12.0. The third-order valence-corrected chi connectivity index (χ3v) is 3.58. The van der Waals surface area contributed by atoms with Gasteiger partial charge in [0.2, 0.25) is 0 Å². The van der Waals surface area contributed by atoms with E-state index in [2.05, 4.69) is 48.7 Å². The molecular weight excluding hydrogens is 248 g/mol. The molecule has 0 bridgehead atoms. The van der Waals surface area contributed by atoms with E-state index in [1.807, 2.05) is 18.2 Å². The summed E-state index contributed by atoms with van der Waals surface area (Å²) in [6.07, 6.45) is 0.891. The Labute approximate surface area is 120 Å². The van der Waals surface area contributed by atoms with Crippen LogP contribution in [0.25, 0.3) is 0 Å². The van der Waals surface area contributed by atoms with Gasteiger partial charge in [0.15, 0.2) is 0 Å². The molecule has 0 heterocycles. The molecular formula is C17H22N2O. The maximum absolute atomic E-state index is 5.78. The van der Waals surface area contributed by atoms with Crippen LogP contribution in [0.5, 0.6) is 0 Å². The third-order valence-electron chi connectivity index (χ3n) is 3.58. The molecule has 3 nitrogen and oxygen atoms in total. The number of ether oxygens (including phenoxy) is 1. The first kappa shape index (κ1) is 14.7. The fraction of sp³-hybridized carbons (Fsp3) is 0.294. The lowest BCUT2D eigenvalue weighted by atomic mass is 9.94. The van der Waals surface area contributed by atoms with E-state index in [0.29, 0.717) is 0 Å². The van der Waals surface area contributed by atoms with Crippen LogP contribution in [0.3, 0.4) is 0 Å². The van der Waals surface area contributed by atoms with Crippen LogP contribution >= 0.6 is 0 Å². The Morgan fingerprint density at radius 3 is 2.35 bits per heavy atom.